The van der Waals surface area contributed by atoms with Crippen LogP contribution < -0.4 is 5.32 Å². The Morgan fingerprint density at radius 1 is 1.38 bits per heavy atom. The Morgan fingerprint density at radius 3 is 3.10 bits per heavy atom. The van der Waals surface area contributed by atoms with Gasteiger partial charge in [-0.05, 0) is 30.8 Å². The predicted molar refractivity (Wildman–Crippen MR) is 86.4 cm³/mol. The average Bonchev–Trinajstić information content (AvgIpc) is 3.19. The fourth-order valence-electron chi connectivity index (χ4n) is 2.70. The van der Waals surface area contributed by atoms with Crippen LogP contribution in [0.15, 0.2) is 29.1 Å². The Kier molecular flexibility index (Phi) is 5.00. The zero-order valence-corrected chi connectivity index (χ0v) is 13.5. The lowest BCUT2D eigenvalue weighted by Gasteiger charge is -2.33. The molecule has 21 heavy (non-hydrogen) atoms. The molecule has 1 unspecified atom stereocenters. The molecule has 2 aromatic rings. The topological polar surface area (TPSA) is 45.2 Å². The predicted octanol–water partition coefficient (Wildman–Crippen LogP) is 3.05. The average molecular weight is 321 g/mol. The summed E-state index contributed by atoms with van der Waals surface area (Å²) in [6.07, 6.45) is 5.34. The number of piperidine rings is 1. The maximum absolute atomic E-state index is 12.2. The van der Waals surface area contributed by atoms with Crippen LogP contribution in [0, 0.1) is 0 Å². The van der Waals surface area contributed by atoms with Crippen molar-refractivity contribution >= 4 is 28.6 Å². The third kappa shape index (κ3) is 3.90. The van der Waals surface area contributed by atoms with Crippen LogP contribution in [-0.2, 0) is 11.3 Å². The van der Waals surface area contributed by atoms with Crippen LogP contribution in [0.2, 0.25) is 0 Å². The fraction of sp³-hybridized carbons (Fsp3) is 0.467. The van der Waals surface area contributed by atoms with Gasteiger partial charge in [-0.25, -0.2) is 4.98 Å². The second-order valence-corrected chi connectivity index (χ2v) is 7.17. The number of thiazole rings is 1. The van der Waals surface area contributed by atoms with Crippen LogP contribution in [0.1, 0.15) is 35.2 Å². The molecule has 3 heterocycles. The van der Waals surface area contributed by atoms with Gasteiger partial charge < -0.3 is 5.32 Å². The first-order chi connectivity index (χ1) is 10.3. The number of rotatable bonds is 5. The molecule has 3 rings (SSSR count). The number of carbonyl (C=O) groups is 1. The van der Waals surface area contributed by atoms with Gasteiger partial charge in [-0.15, -0.1) is 22.7 Å². The molecule has 1 aliphatic heterocycles. The van der Waals surface area contributed by atoms with E-state index in [9.17, 15) is 4.79 Å². The molecule has 1 N–H and O–H groups in total. The van der Waals surface area contributed by atoms with E-state index < -0.39 is 0 Å². The zero-order valence-electron chi connectivity index (χ0n) is 11.8. The molecule has 1 atom stereocenters. The molecule has 0 bridgehead atoms. The summed E-state index contributed by atoms with van der Waals surface area (Å²) in [7, 11) is 0. The van der Waals surface area contributed by atoms with Crippen LogP contribution in [0.5, 0.6) is 0 Å². The fourth-order valence-corrected chi connectivity index (χ4v) is 4.15. The Labute approximate surface area is 132 Å². The highest BCUT2D eigenvalue weighted by Gasteiger charge is 2.27. The van der Waals surface area contributed by atoms with Gasteiger partial charge in [-0.3, -0.25) is 9.69 Å². The summed E-state index contributed by atoms with van der Waals surface area (Å²) in [5.41, 5.74) is 0. The summed E-state index contributed by atoms with van der Waals surface area (Å²) in [5.74, 6) is 0.104. The molecule has 1 amide bonds. The third-order valence-corrected chi connectivity index (χ3v) is 5.49. The minimum atomic E-state index is 0.104. The molecule has 0 saturated carbocycles. The molecule has 4 nitrogen and oxygen atoms in total. The van der Waals surface area contributed by atoms with E-state index in [0.29, 0.717) is 19.1 Å². The van der Waals surface area contributed by atoms with E-state index in [2.05, 4.69) is 15.2 Å². The highest BCUT2D eigenvalue weighted by atomic mass is 32.1. The minimum Gasteiger partial charge on any atom is -0.350 e. The second-order valence-electron chi connectivity index (χ2n) is 5.21. The van der Waals surface area contributed by atoms with Gasteiger partial charge in [0.15, 0.2) is 0 Å². The number of thiophene rings is 1. The molecule has 6 heteroatoms. The molecule has 1 saturated heterocycles. The van der Waals surface area contributed by atoms with E-state index in [4.69, 9.17) is 0 Å². The zero-order chi connectivity index (χ0) is 14.5. The molecule has 1 aliphatic rings. The second kappa shape index (κ2) is 7.15. The SMILES string of the molecule is O=C(CN1CCCCC1c1nccs1)NCc1cccs1. The van der Waals surface area contributed by atoms with Crippen LogP contribution in [0.3, 0.4) is 0 Å². The number of aromatic nitrogens is 1. The van der Waals surface area contributed by atoms with Gasteiger partial charge >= 0.3 is 0 Å². The quantitative estimate of drug-likeness (QED) is 0.920. The lowest BCUT2D eigenvalue weighted by atomic mass is 10.0. The lowest BCUT2D eigenvalue weighted by Crippen LogP contribution is -2.41. The van der Waals surface area contributed by atoms with Gasteiger partial charge in [0, 0.05) is 16.5 Å². The summed E-state index contributed by atoms with van der Waals surface area (Å²) in [6, 6.07) is 4.37. The number of likely N-dealkylation sites (tertiary alicyclic amines) is 1. The first kappa shape index (κ1) is 14.7. The van der Waals surface area contributed by atoms with E-state index in [-0.39, 0.29) is 5.91 Å². The Hall–Kier alpha value is -1.24. The molecule has 2 aromatic heterocycles. The molecule has 112 valence electrons. The van der Waals surface area contributed by atoms with Crippen molar-refractivity contribution in [2.24, 2.45) is 0 Å². The van der Waals surface area contributed by atoms with E-state index in [0.717, 1.165) is 18.0 Å². The molecule has 0 spiro atoms. The molecule has 1 fully saturated rings. The van der Waals surface area contributed by atoms with Crippen molar-refractivity contribution in [1.82, 2.24) is 15.2 Å². The van der Waals surface area contributed by atoms with Crippen molar-refractivity contribution in [3.63, 3.8) is 0 Å². The van der Waals surface area contributed by atoms with Crippen molar-refractivity contribution in [1.29, 1.82) is 0 Å². The molecule has 0 aliphatic carbocycles. The minimum absolute atomic E-state index is 0.104. The van der Waals surface area contributed by atoms with Crippen molar-refractivity contribution in [3.8, 4) is 0 Å². The molecule has 0 aromatic carbocycles. The Balaban J connectivity index is 1.55. The summed E-state index contributed by atoms with van der Waals surface area (Å²) < 4.78 is 0. The molecule has 0 radical (unpaired) electrons. The first-order valence-corrected chi connectivity index (χ1v) is 9.01. The van der Waals surface area contributed by atoms with Crippen molar-refractivity contribution in [2.45, 2.75) is 31.8 Å². The van der Waals surface area contributed by atoms with Crippen LogP contribution in [0.4, 0.5) is 0 Å². The van der Waals surface area contributed by atoms with E-state index >= 15 is 0 Å². The maximum Gasteiger partial charge on any atom is 0.234 e. The van der Waals surface area contributed by atoms with Crippen molar-refractivity contribution in [3.05, 3.63) is 39.0 Å². The van der Waals surface area contributed by atoms with Gasteiger partial charge in [0.25, 0.3) is 0 Å². The number of carbonyl (C=O) groups excluding carboxylic acids is 1. The Bertz CT molecular complexity index is 554. The van der Waals surface area contributed by atoms with Crippen molar-refractivity contribution < 1.29 is 4.79 Å². The Morgan fingerprint density at radius 2 is 2.33 bits per heavy atom. The van der Waals surface area contributed by atoms with Crippen molar-refractivity contribution in [2.75, 3.05) is 13.1 Å². The summed E-state index contributed by atoms with van der Waals surface area (Å²) in [4.78, 5) is 20.1. The van der Waals surface area contributed by atoms with Gasteiger partial charge in [-0.1, -0.05) is 12.5 Å². The number of amides is 1. The number of hydrogen-bond donors (Lipinski definition) is 1. The van der Waals surface area contributed by atoms with Gasteiger partial charge in [0.05, 0.1) is 19.1 Å². The van der Waals surface area contributed by atoms with E-state index in [1.165, 1.54) is 17.7 Å². The molecular formula is C15H19N3OS2. The van der Waals surface area contributed by atoms with Gasteiger partial charge in [-0.2, -0.15) is 0 Å². The third-order valence-electron chi connectivity index (χ3n) is 3.74. The number of hydrogen-bond acceptors (Lipinski definition) is 5. The summed E-state index contributed by atoms with van der Waals surface area (Å²) in [6.45, 7) is 2.08. The first-order valence-electron chi connectivity index (χ1n) is 7.25. The van der Waals surface area contributed by atoms with Gasteiger partial charge in [0.2, 0.25) is 5.91 Å². The van der Waals surface area contributed by atoms with Crippen LogP contribution >= 0.6 is 22.7 Å². The summed E-state index contributed by atoms with van der Waals surface area (Å²) >= 11 is 3.36. The van der Waals surface area contributed by atoms with E-state index in [1.807, 2.05) is 29.1 Å². The monoisotopic (exact) mass is 321 g/mol. The lowest BCUT2D eigenvalue weighted by molar-refractivity contribution is -0.123. The van der Waals surface area contributed by atoms with Crippen LogP contribution in [-0.4, -0.2) is 28.9 Å². The molecular weight excluding hydrogens is 302 g/mol. The standard InChI is InChI=1S/C15H19N3OS2/c19-14(17-10-12-4-3-8-20-12)11-18-7-2-1-5-13(18)15-16-6-9-21-15/h3-4,6,8-9,13H,1-2,5,7,10-11H2,(H,17,19). The van der Waals surface area contributed by atoms with Gasteiger partial charge in [0.1, 0.15) is 5.01 Å². The number of nitrogens with zero attached hydrogens (tertiary/aromatic N) is 2. The maximum atomic E-state index is 12.2. The highest BCUT2D eigenvalue weighted by Crippen LogP contribution is 2.31. The largest absolute Gasteiger partial charge is 0.350 e. The van der Waals surface area contributed by atoms with Crippen LogP contribution in [0.25, 0.3) is 0 Å². The normalized spacial score (nSPS) is 19.5. The van der Waals surface area contributed by atoms with E-state index in [1.54, 1.807) is 22.7 Å². The number of nitrogens with one attached hydrogen (secondary N) is 1. The highest BCUT2D eigenvalue weighted by molar-refractivity contribution is 7.10. The summed E-state index contributed by atoms with van der Waals surface area (Å²) in [5, 5.41) is 8.20. The smallest absolute Gasteiger partial charge is 0.234 e.